The van der Waals surface area contributed by atoms with E-state index in [1.165, 1.54) is 5.56 Å². The zero-order valence-corrected chi connectivity index (χ0v) is 12.4. The van der Waals surface area contributed by atoms with Gasteiger partial charge in [-0.2, -0.15) is 5.10 Å². The number of carbonyl (C=O) groups excluding carboxylic acids is 1. The molecule has 0 aliphatic carbocycles. The average Bonchev–Trinajstić information content (AvgIpc) is 2.64. The van der Waals surface area contributed by atoms with E-state index < -0.39 is 0 Å². The maximum absolute atomic E-state index is 11.8. The summed E-state index contributed by atoms with van der Waals surface area (Å²) in [4.78, 5) is 15.7. The molecule has 23 heavy (non-hydrogen) atoms. The second-order valence-corrected chi connectivity index (χ2v) is 4.92. The van der Waals surface area contributed by atoms with E-state index in [-0.39, 0.29) is 5.91 Å². The normalized spacial score (nSPS) is 10.6. The van der Waals surface area contributed by atoms with Crippen LogP contribution in [0.5, 0.6) is 0 Å². The fourth-order valence-corrected chi connectivity index (χ4v) is 2.13. The highest BCUT2D eigenvalue weighted by atomic mass is 16.2. The largest absolute Gasteiger partial charge is 0.271 e. The highest BCUT2D eigenvalue weighted by molar-refractivity contribution is 5.94. The molecular weight excluding hydrogens is 286 g/mol. The molecule has 1 N–H and O–H groups in total. The van der Waals surface area contributed by atoms with Crippen LogP contribution in [-0.4, -0.2) is 17.1 Å². The maximum atomic E-state index is 11.8. The number of hydrogen-bond acceptors (Lipinski definition) is 3. The number of pyridine rings is 1. The lowest BCUT2D eigenvalue weighted by Gasteiger charge is -2.02. The summed E-state index contributed by atoms with van der Waals surface area (Å²) in [7, 11) is 0. The molecular formula is C19H15N3O. The summed E-state index contributed by atoms with van der Waals surface area (Å²) >= 11 is 0. The summed E-state index contributed by atoms with van der Waals surface area (Å²) in [6.45, 7) is 0. The number of aromatic nitrogens is 1. The molecule has 1 heterocycles. The predicted molar refractivity (Wildman–Crippen MR) is 91.2 cm³/mol. The first kappa shape index (κ1) is 14.7. The predicted octanol–water partition coefficient (Wildman–Crippen LogP) is 3.51. The molecule has 3 aromatic rings. The van der Waals surface area contributed by atoms with Gasteiger partial charge in [-0.25, -0.2) is 5.43 Å². The van der Waals surface area contributed by atoms with Crippen LogP contribution in [0.1, 0.15) is 15.9 Å². The number of carbonyl (C=O) groups is 1. The quantitative estimate of drug-likeness (QED) is 0.592. The van der Waals surface area contributed by atoms with Gasteiger partial charge in [0.25, 0.3) is 5.91 Å². The fraction of sp³-hybridized carbons (Fsp3) is 0. The summed E-state index contributed by atoms with van der Waals surface area (Å²) in [6.07, 6.45) is 4.76. The summed E-state index contributed by atoms with van der Waals surface area (Å²) in [5.41, 5.74) is 6.25. The van der Waals surface area contributed by atoms with Crippen molar-refractivity contribution in [3.05, 3.63) is 90.3 Å². The lowest BCUT2D eigenvalue weighted by molar-refractivity contribution is 0.0955. The summed E-state index contributed by atoms with van der Waals surface area (Å²) in [6, 6.07) is 21.4. The van der Waals surface area contributed by atoms with Gasteiger partial charge in [-0.1, -0.05) is 54.6 Å². The first-order valence-corrected chi connectivity index (χ1v) is 7.22. The molecule has 1 aromatic heterocycles. The van der Waals surface area contributed by atoms with E-state index in [2.05, 4.69) is 27.6 Å². The molecule has 0 unspecified atom stereocenters. The Hall–Kier alpha value is -3.27. The molecule has 0 saturated carbocycles. The van der Waals surface area contributed by atoms with E-state index in [0.29, 0.717) is 5.56 Å². The number of nitrogens with zero attached hydrogens (tertiary/aromatic N) is 2. The minimum absolute atomic E-state index is 0.260. The Morgan fingerprint density at radius 1 is 0.870 bits per heavy atom. The van der Waals surface area contributed by atoms with Crippen LogP contribution in [0.15, 0.2) is 84.2 Å². The number of rotatable bonds is 4. The second-order valence-electron chi connectivity index (χ2n) is 4.92. The monoisotopic (exact) mass is 301 g/mol. The molecule has 112 valence electrons. The van der Waals surface area contributed by atoms with E-state index in [4.69, 9.17) is 0 Å². The van der Waals surface area contributed by atoms with E-state index in [9.17, 15) is 4.79 Å². The molecule has 0 atom stereocenters. The van der Waals surface area contributed by atoms with Gasteiger partial charge in [-0.3, -0.25) is 9.78 Å². The van der Waals surface area contributed by atoms with Crippen LogP contribution < -0.4 is 5.43 Å². The molecule has 3 rings (SSSR count). The van der Waals surface area contributed by atoms with Crippen molar-refractivity contribution in [2.24, 2.45) is 5.10 Å². The zero-order valence-electron chi connectivity index (χ0n) is 12.4. The lowest BCUT2D eigenvalue weighted by atomic mass is 10.0. The van der Waals surface area contributed by atoms with Gasteiger partial charge in [0, 0.05) is 18.0 Å². The molecule has 0 bridgehead atoms. The molecule has 0 aliphatic rings. The van der Waals surface area contributed by atoms with Crippen molar-refractivity contribution >= 4 is 12.1 Å². The van der Waals surface area contributed by atoms with Gasteiger partial charge in [0.05, 0.1) is 6.21 Å². The summed E-state index contributed by atoms with van der Waals surface area (Å²) < 4.78 is 0. The Morgan fingerprint density at radius 2 is 1.52 bits per heavy atom. The topological polar surface area (TPSA) is 54.4 Å². The molecule has 0 radical (unpaired) electrons. The van der Waals surface area contributed by atoms with Crippen molar-refractivity contribution in [1.29, 1.82) is 0 Å². The third kappa shape index (κ3) is 3.89. The number of nitrogens with one attached hydrogen (secondary N) is 1. The molecule has 0 aliphatic heterocycles. The van der Waals surface area contributed by atoms with E-state index in [1.54, 1.807) is 30.7 Å². The number of hydrogen-bond donors (Lipinski definition) is 1. The van der Waals surface area contributed by atoms with Crippen molar-refractivity contribution in [2.45, 2.75) is 0 Å². The van der Waals surface area contributed by atoms with Crippen molar-refractivity contribution in [1.82, 2.24) is 10.4 Å². The van der Waals surface area contributed by atoms with E-state index >= 15 is 0 Å². The van der Waals surface area contributed by atoms with Gasteiger partial charge in [0.1, 0.15) is 0 Å². The summed E-state index contributed by atoms with van der Waals surface area (Å²) in [5, 5.41) is 3.98. The Bertz CT molecular complexity index is 797. The van der Waals surface area contributed by atoms with Crippen LogP contribution >= 0.6 is 0 Å². The van der Waals surface area contributed by atoms with Gasteiger partial charge in [0.2, 0.25) is 0 Å². The Labute approximate surface area is 134 Å². The Morgan fingerprint density at radius 3 is 2.22 bits per heavy atom. The molecule has 4 heteroatoms. The third-order valence-corrected chi connectivity index (χ3v) is 3.34. The van der Waals surface area contributed by atoms with Crippen LogP contribution in [-0.2, 0) is 0 Å². The van der Waals surface area contributed by atoms with Gasteiger partial charge >= 0.3 is 0 Å². The van der Waals surface area contributed by atoms with Gasteiger partial charge in [-0.05, 0) is 28.8 Å². The van der Waals surface area contributed by atoms with Crippen molar-refractivity contribution in [3.63, 3.8) is 0 Å². The first-order chi connectivity index (χ1) is 11.3. The fourth-order valence-electron chi connectivity index (χ4n) is 2.13. The zero-order chi connectivity index (χ0) is 15.9. The van der Waals surface area contributed by atoms with Crippen LogP contribution in [0.3, 0.4) is 0 Å². The van der Waals surface area contributed by atoms with Crippen molar-refractivity contribution in [3.8, 4) is 11.1 Å². The highest BCUT2D eigenvalue weighted by Gasteiger charge is 2.02. The Balaban J connectivity index is 1.63. The van der Waals surface area contributed by atoms with Crippen LogP contribution in [0.2, 0.25) is 0 Å². The average molecular weight is 301 g/mol. The van der Waals surface area contributed by atoms with Crippen molar-refractivity contribution < 1.29 is 4.79 Å². The maximum Gasteiger partial charge on any atom is 0.271 e. The minimum atomic E-state index is -0.260. The summed E-state index contributed by atoms with van der Waals surface area (Å²) in [5.74, 6) is -0.260. The molecule has 4 nitrogen and oxygen atoms in total. The minimum Gasteiger partial charge on any atom is -0.267 e. The van der Waals surface area contributed by atoms with E-state index in [0.717, 1.165) is 11.1 Å². The smallest absolute Gasteiger partial charge is 0.267 e. The standard InChI is InChI=1S/C19H15N3O/c23-19(18-10-12-20-13-11-18)22-21-14-15-6-8-17(9-7-15)16-4-2-1-3-5-16/h1-14H,(H,22,23)/b21-14+. The second kappa shape index (κ2) is 7.13. The molecule has 1 amide bonds. The van der Waals surface area contributed by atoms with Gasteiger partial charge in [-0.15, -0.1) is 0 Å². The van der Waals surface area contributed by atoms with Crippen LogP contribution in [0.4, 0.5) is 0 Å². The number of benzene rings is 2. The first-order valence-electron chi connectivity index (χ1n) is 7.22. The van der Waals surface area contributed by atoms with Crippen molar-refractivity contribution in [2.75, 3.05) is 0 Å². The van der Waals surface area contributed by atoms with Gasteiger partial charge in [0.15, 0.2) is 0 Å². The highest BCUT2D eigenvalue weighted by Crippen LogP contribution is 2.18. The van der Waals surface area contributed by atoms with Gasteiger partial charge < -0.3 is 0 Å². The molecule has 0 fully saturated rings. The number of amides is 1. The number of hydrazone groups is 1. The van der Waals surface area contributed by atoms with E-state index in [1.807, 2.05) is 42.5 Å². The SMILES string of the molecule is O=C(N/N=C/c1ccc(-c2ccccc2)cc1)c1ccncc1. The molecule has 2 aromatic carbocycles. The van der Waals surface area contributed by atoms with Crippen LogP contribution in [0, 0.1) is 0 Å². The Kier molecular flexibility index (Phi) is 4.55. The lowest BCUT2D eigenvalue weighted by Crippen LogP contribution is -2.17. The van der Waals surface area contributed by atoms with Crippen LogP contribution in [0.25, 0.3) is 11.1 Å². The molecule has 0 spiro atoms. The third-order valence-electron chi connectivity index (χ3n) is 3.34. The molecule has 0 saturated heterocycles.